The van der Waals surface area contributed by atoms with Crippen molar-refractivity contribution >= 4 is 43.4 Å². The molecule has 1 heterocycles. The summed E-state index contributed by atoms with van der Waals surface area (Å²) in [5.41, 5.74) is 20.1. The van der Waals surface area contributed by atoms with Gasteiger partial charge in [-0.15, -0.1) is 0 Å². The van der Waals surface area contributed by atoms with Crippen LogP contribution in [-0.2, 0) is 0 Å². The molecular weight excluding hydrogens is 771 g/mol. The van der Waals surface area contributed by atoms with Crippen molar-refractivity contribution in [3.05, 3.63) is 259 Å². The Kier molecular flexibility index (Phi) is 8.35. The van der Waals surface area contributed by atoms with Crippen molar-refractivity contribution in [1.82, 2.24) is 4.57 Å². The van der Waals surface area contributed by atoms with E-state index in [4.69, 9.17) is 0 Å². The van der Waals surface area contributed by atoms with Gasteiger partial charge in [-0.2, -0.15) is 0 Å². The number of benzene rings is 11. The molecule has 64 heavy (non-hydrogen) atoms. The van der Waals surface area contributed by atoms with Gasteiger partial charge in [0, 0.05) is 22.4 Å². The van der Waals surface area contributed by atoms with E-state index in [2.05, 4.69) is 247 Å². The minimum atomic E-state index is 0.205. The molecule has 0 N–H and O–H groups in total. The molecule has 0 bridgehead atoms. The number of hydrogen-bond donors (Lipinski definition) is 0. The van der Waals surface area contributed by atoms with E-state index in [-0.39, 0.29) is 5.92 Å². The molecule has 0 fully saturated rings. The highest BCUT2D eigenvalue weighted by molar-refractivity contribution is 6.27. The van der Waals surface area contributed by atoms with Gasteiger partial charge in [-0.3, -0.25) is 0 Å². The van der Waals surface area contributed by atoms with Crippen LogP contribution in [0.2, 0.25) is 0 Å². The van der Waals surface area contributed by atoms with Gasteiger partial charge in [0.25, 0.3) is 0 Å². The van der Waals surface area contributed by atoms with Crippen LogP contribution in [0.15, 0.2) is 243 Å². The van der Waals surface area contributed by atoms with Gasteiger partial charge in [0.15, 0.2) is 0 Å². The smallest absolute Gasteiger partial charge is 0.0541 e. The second-order valence-corrected chi connectivity index (χ2v) is 17.1. The quantitative estimate of drug-likeness (QED) is 0.147. The van der Waals surface area contributed by atoms with Gasteiger partial charge in [0.1, 0.15) is 0 Å². The number of hydrogen-bond acceptors (Lipinski definition) is 0. The molecule has 1 aromatic heterocycles. The summed E-state index contributed by atoms with van der Waals surface area (Å²) < 4.78 is 2.40. The molecule has 298 valence electrons. The molecule has 0 saturated heterocycles. The van der Waals surface area contributed by atoms with Crippen LogP contribution in [0.4, 0.5) is 0 Å². The lowest BCUT2D eigenvalue weighted by Crippen LogP contribution is -1.99. The van der Waals surface area contributed by atoms with Crippen molar-refractivity contribution in [3.63, 3.8) is 0 Å². The Morgan fingerprint density at radius 1 is 0.266 bits per heavy atom. The summed E-state index contributed by atoms with van der Waals surface area (Å²) in [6, 6.07) is 89.7. The van der Waals surface area contributed by atoms with E-state index < -0.39 is 0 Å². The first-order valence-corrected chi connectivity index (χ1v) is 22.3. The normalized spacial score (nSPS) is 12.3. The predicted octanol–water partition coefficient (Wildman–Crippen LogP) is 16.9. The maximum Gasteiger partial charge on any atom is 0.0541 e. The van der Waals surface area contributed by atoms with E-state index in [1.165, 1.54) is 116 Å². The van der Waals surface area contributed by atoms with Crippen LogP contribution in [0.1, 0.15) is 22.6 Å². The highest BCUT2D eigenvalue weighted by Gasteiger charge is 2.29. The van der Waals surface area contributed by atoms with E-state index in [0.717, 1.165) is 5.69 Å². The van der Waals surface area contributed by atoms with E-state index >= 15 is 0 Å². The number of nitrogens with zero attached hydrogens (tertiary/aromatic N) is 1. The molecule has 0 saturated carbocycles. The molecule has 0 radical (unpaired) electrons. The summed E-state index contributed by atoms with van der Waals surface area (Å²) in [5.74, 6) is 0.205. The van der Waals surface area contributed by atoms with E-state index in [1.54, 1.807) is 0 Å². The van der Waals surface area contributed by atoms with Gasteiger partial charge >= 0.3 is 0 Å². The van der Waals surface area contributed by atoms with Crippen molar-refractivity contribution in [2.75, 3.05) is 0 Å². The van der Waals surface area contributed by atoms with Gasteiger partial charge in [-0.05, 0) is 118 Å². The molecule has 11 aromatic carbocycles. The topological polar surface area (TPSA) is 4.93 Å². The fourth-order valence-electron chi connectivity index (χ4n) is 11.0. The monoisotopic (exact) mass is 811 g/mol. The van der Waals surface area contributed by atoms with E-state index in [9.17, 15) is 0 Å². The van der Waals surface area contributed by atoms with Crippen molar-refractivity contribution in [2.45, 2.75) is 5.92 Å². The van der Waals surface area contributed by atoms with Gasteiger partial charge in [0.05, 0.1) is 11.0 Å². The maximum absolute atomic E-state index is 2.40. The average molecular weight is 812 g/mol. The third-order valence-corrected chi connectivity index (χ3v) is 13.7. The zero-order valence-corrected chi connectivity index (χ0v) is 35.1. The van der Waals surface area contributed by atoms with Crippen molar-refractivity contribution < 1.29 is 0 Å². The van der Waals surface area contributed by atoms with Crippen molar-refractivity contribution in [2.24, 2.45) is 0 Å². The molecule has 12 aromatic rings. The van der Waals surface area contributed by atoms with Gasteiger partial charge in [0.2, 0.25) is 0 Å². The van der Waals surface area contributed by atoms with Crippen molar-refractivity contribution in [1.29, 1.82) is 0 Å². The van der Waals surface area contributed by atoms with Crippen molar-refractivity contribution in [3.8, 4) is 61.3 Å². The Bertz CT molecular complexity index is 3650. The first kappa shape index (κ1) is 36.4. The Morgan fingerprint density at radius 3 is 1.16 bits per heavy atom. The summed E-state index contributed by atoms with van der Waals surface area (Å²) in [7, 11) is 0. The van der Waals surface area contributed by atoms with Crippen LogP contribution >= 0.6 is 0 Å². The molecule has 1 aliphatic carbocycles. The number of aromatic nitrogens is 1. The van der Waals surface area contributed by atoms with Crippen LogP contribution in [0, 0.1) is 0 Å². The average Bonchev–Trinajstić information content (AvgIpc) is 3.89. The molecule has 0 spiro atoms. The SMILES string of the molecule is c1ccc(-c2c3cccc(-c4ccc(-n5c6ccccc6c6ccccc65)cc4)c3c(-c3ccccc3)c3cccc(-c4ccc(C5c6ccccc6-c6ccccc65)cc4)c23)cc1. The molecule has 0 aliphatic heterocycles. The summed E-state index contributed by atoms with van der Waals surface area (Å²) in [4.78, 5) is 0. The fraction of sp³-hybridized carbons (Fsp3) is 0.0159. The highest BCUT2D eigenvalue weighted by atomic mass is 15.0. The Labute approximate surface area is 372 Å². The lowest BCUT2D eigenvalue weighted by Gasteiger charge is -2.22. The second-order valence-electron chi connectivity index (χ2n) is 17.1. The summed E-state index contributed by atoms with van der Waals surface area (Å²) in [6.45, 7) is 0. The standard InChI is InChI=1S/C63H41N/c1-3-17-43(18-4-1)60-56-30-16-28-48(42-37-39-46(40-38-42)64-57-31-13-11-23-51(57)52-24-12-14-32-58(52)64)63(56)61(44-19-5-2-6-20-44)55-29-15-27-47(62(55)60)41-33-35-45(36-34-41)59-53-25-9-7-21-49(53)50-22-8-10-26-54(50)59/h1-40,59H. The third kappa shape index (κ3) is 5.58. The van der Waals surface area contributed by atoms with Crippen LogP contribution in [-0.4, -0.2) is 4.57 Å². The molecule has 0 unspecified atom stereocenters. The summed E-state index contributed by atoms with van der Waals surface area (Å²) in [6.07, 6.45) is 0. The fourth-order valence-corrected chi connectivity index (χ4v) is 11.0. The molecular formula is C63H41N. The minimum absolute atomic E-state index is 0.205. The summed E-state index contributed by atoms with van der Waals surface area (Å²) >= 11 is 0. The molecule has 1 aliphatic rings. The molecule has 1 heteroatoms. The first-order valence-electron chi connectivity index (χ1n) is 22.3. The third-order valence-electron chi connectivity index (χ3n) is 13.7. The Balaban J connectivity index is 1.03. The van der Waals surface area contributed by atoms with Crippen LogP contribution in [0.5, 0.6) is 0 Å². The lowest BCUT2D eigenvalue weighted by molar-refractivity contribution is 1.02. The molecule has 0 amide bonds. The van der Waals surface area contributed by atoms with Crippen LogP contribution in [0.25, 0.3) is 105 Å². The van der Waals surface area contributed by atoms with Crippen LogP contribution in [0.3, 0.4) is 0 Å². The van der Waals surface area contributed by atoms with Gasteiger partial charge in [-0.1, -0.05) is 218 Å². The summed E-state index contributed by atoms with van der Waals surface area (Å²) in [5, 5.41) is 7.55. The molecule has 1 nitrogen and oxygen atoms in total. The number of fused-ring (bicyclic) bond motifs is 8. The Hall–Kier alpha value is -8.26. The molecule has 0 atom stereocenters. The van der Waals surface area contributed by atoms with E-state index in [0.29, 0.717) is 0 Å². The van der Waals surface area contributed by atoms with Gasteiger partial charge in [-0.25, -0.2) is 0 Å². The largest absolute Gasteiger partial charge is 0.309 e. The van der Waals surface area contributed by atoms with E-state index in [1.807, 2.05) is 0 Å². The zero-order valence-electron chi connectivity index (χ0n) is 35.1. The zero-order chi connectivity index (χ0) is 42.1. The predicted molar refractivity (Wildman–Crippen MR) is 270 cm³/mol. The minimum Gasteiger partial charge on any atom is -0.309 e. The lowest BCUT2D eigenvalue weighted by atomic mass is 9.80. The highest BCUT2D eigenvalue weighted by Crippen LogP contribution is 2.51. The second kappa shape index (κ2) is 14.7. The maximum atomic E-state index is 2.40. The van der Waals surface area contributed by atoms with Gasteiger partial charge < -0.3 is 4.57 Å². The number of rotatable bonds is 6. The van der Waals surface area contributed by atoms with Crippen LogP contribution < -0.4 is 0 Å². The Morgan fingerprint density at radius 2 is 0.656 bits per heavy atom. The first-order chi connectivity index (χ1) is 31.8. The molecule has 13 rings (SSSR count). The number of para-hydroxylation sites is 2.